The number of hydrogen-bond donors (Lipinski definition) is 2. The van der Waals surface area contributed by atoms with Crippen molar-refractivity contribution in [2.45, 2.75) is 19.9 Å². The molecule has 0 atom stereocenters. The van der Waals surface area contributed by atoms with Crippen molar-refractivity contribution in [1.29, 1.82) is 0 Å². The Balaban J connectivity index is 1.56. The first kappa shape index (κ1) is 16.5. The molecule has 0 spiro atoms. The van der Waals surface area contributed by atoms with Gasteiger partial charge in [-0.2, -0.15) is 5.10 Å². The van der Waals surface area contributed by atoms with Crippen LogP contribution in [-0.4, -0.2) is 59.1 Å². The largest absolute Gasteiger partial charge is 0.379 e. The Morgan fingerprint density at radius 3 is 2.79 bits per heavy atom. The minimum Gasteiger partial charge on any atom is -0.379 e. The number of benzene rings is 1. The number of H-pyrrole nitrogens is 1. The van der Waals surface area contributed by atoms with Crippen molar-refractivity contribution in [2.24, 2.45) is 0 Å². The fraction of sp³-hybridized carbons (Fsp3) is 0.444. The Morgan fingerprint density at radius 2 is 2.08 bits per heavy atom. The number of aryl methyl sites for hydroxylation is 1. The second-order valence-corrected chi connectivity index (χ2v) is 6.45. The van der Waals surface area contributed by atoms with Gasteiger partial charge in [-0.3, -0.25) is 9.89 Å². The summed E-state index contributed by atoms with van der Waals surface area (Å²) in [6.45, 7) is 6.29. The molecule has 0 radical (unpaired) electrons. The Hall–Kier alpha value is -2.34. The van der Waals surface area contributed by atoms with Gasteiger partial charge in [-0.15, -0.1) is 0 Å². The van der Waals surface area contributed by atoms with Crippen molar-refractivity contribution < 1.29 is 4.79 Å². The summed E-state index contributed by atoms with van der Waals surface area (Å²) in [5.74, 6) is 0.213. The average molecular weight is 327 g/mol. The van der Waals surface area contributed by atoms with Crippen LogP contribution in [0.25, 0.3) is 0 Å². The summed E-state index contributed by atoms with van der Waals surface area (Å²) in [4.78, 5) is 16.7. The molecule has 2 N–H and O–H groups in total. The molecule has 1 aliphatic heterocycles. The van der Waals surface area contributed by atoms with Crippen molar-refractivity contribution >= 4 is 11.6 Å². The Kier molecular flexibility index (Phi) is 5.15. The zero-order chi connectivity index (χ0) is 16.9. The van der Waals surface area contributed by atoms with Gasteiger partial charge < -0.3 is 15.1 Å². The van der Waals surface area contributed by atoms with E-state index in [9.17, 15) is 4.79 Å². The first-order valence-corrected chi connectivity index (χ1v) is 8.40. The molecule has 128 valence electrons. The summed E-state index contributed by atoms with van der Waals surface area (Å²) in [6.07, 6.45) is 2.28. The molecule has 1 saturated heterocycles. The molecule has 2 heterocycles. The number of nitrogens with zero attached hydrogens (tertiary/aromatic N) is 3. The fourth-order valence-electron chi connectivity index (χ4n) is 2.88. The van der Waals surface area contributed by atoms with E-state index in [-0.39, 0.29) is 5.91 Å². The van der Waals surface area contributed by atoms with Crippen molar-refractivity contribution in [3.63, 3.8) is 0 Å². The monoisotopic (exact) mass is 327 g/mol. The number of piperazine rings is 1. The summed E-state index contributed by atoms with van der Waals surface area (Å²) in [7, 11) is 2.10. The summed E-state index contributed by atoms with van der Waals surface area (Å²) in [5, 5.41) is 10.4. The number of hydrogen-bond acceptors (Lipinski definition) is 4. The molecule has 0 bridgehead atoms. The first-order valence-electron chi connectivity index (χ1n) is 8.40. The van der Waals surface area contributed by atoms with E-state index in [2.05, 4.69) is 33.5 Å². The smallest absolute Gasteiger partial charge is 0.227 e. The standard InChI is InChI=1S/C18H25N5O/c1-14-12-20-21-17(14)13-19-16-5-3-4-15(10-16)11-18(24)23-8-6-22(2)7-9-23/h3-5,10,12,19H,6-9,11,13H2,1-2H3,(H,20,21). The molecule has 2 aromatic rings. The first-order chi connectivity index (χ1) is 11.6. The zero-order valence-electron chi connectivity index (χ0n) is 14.4. The summed E-state index contributed by atoms with van der Waals surface area (Å²) < 4.78 is 0. The molecular formula is C18H25N5O. The lowest BCUT2D eigenvalue weighted by Crippen LogP contribution is -2.47. The highest BCUT2D eigenvalue weighted by molar-refractivity contribution is 5.79. The predicted molar refractivity (Wildman–Crippen MR) is 94.9 cm³/mol. The number of amides is 1. The van der Waals surface area contributed by atoms with Crippen molar-refractivity contribution in [2.75, 3.05) is 38.5 Å². The predicted octanol–water partition coefficient (Wildman–Crippen LogP) is 1.65. The molecule has 0 unspecified atom stereocenters. The highest BCUT2D eigenvalue weighted by Gasteiger charge is 2.19. The third kappa shape index (κ3) is 4.14. The van der Waals surface area contributed by atoms with E-state index in [1.165, 1.54) is 0 Å². The molecular weight excluding hydrogens is 302 g/mol. The van der Waals surface area contributed by atoms with E-state index in [1.54, 1.807) is 0 Å². The van der Waals surface area contributed by atoms with Crippen LogP contribution in [0, 0.1) is 6.92 Å². The van der Waals surface area contributed by atoms with Gasteiger partial charge in [0.25, 0.3) is 0 Å². The van der Waals surface area contributed by atoms with Crippen molar-refractivity contribution in [3.8, 4) is 0 Å². The minimum atomic E-state index is 0.213. The molecule has 3 rings (SSSR count). The molecule has 1 amide bonds. The Labute approximate surface area is 142 Å². The van der Waals surface area contributed by atoms with Crippen LogP contribution in [0.5, 0.6) is 0 Å². The van der Waals surface area contributed by atoms with Gasteiger partial charge in [0, 0.05) is 31.9 Å². The van der Waals surface area contributed by atoms with E-state index >= 15 is 0 Å². The van der Waals surface area contributed by atoms with Gasteiger partial charge in [0.2, 0.25) is 5.91 Å². The number of aromatic nitrogens is 2. The van der Waals surface area contributed by atoms with Crippen molar-refractivity contribution in [1.82, 2.24) is 20.0 Å². The van der Waals surface area contributed by atoms with Crippen LogP contribution in [0.2, 0.25) is 0 Å². The lowest BCUT2D eigenvalue weighted by Gasteiger charge is -2.32. The second-order valence-electron chi connectivity index (χ2n) is 6.45. The van der Waals surface area contributed by atoms with Crippen LogP contribution in [0.3, 0.4) is 0 Å². The lowest BCUT2D eigenvalue weighted by atomic mass is 10.1. The van der Waals surface area contributed by atoms with Gasteiger partial charge in [0.1, 0.15) is 0 Å². The third-order valence-electron chi connectivity index (χ3n) is 4.54. The average Bonchev–Trinajstić information content (AvgIpc) is 2.99. The number of anilines is 1. The number of carbonyl (C=O) groups is 1. The minimum absolute atomic E-state index is 0.213. The lowest BCUT2D eigenvalue weighted by molar-refractivity contribution is -0.132. The molecule has 0 aliphatic carbocycles. The number of rotatable bonds is 5. The van der Waals surface area contributed by atoms with E-state index in [1.807, 2.05) is 36.2 Å². The highest BCUT2D eigenvalue weighted by atomic mass is 16.2. The third-order valence-corrected chi connectivity index (χ3v) is 4.54. The molecule has 6 nitrogen and oxygen atoms in total. The van der Waals surface area contributed by atoms with Crippen LogP contribution < -0.4 is 5.32 Å². The number of nitrogens with one attached hydrogen (secondary N) is 2. The molecule has 24 heavy (non-hydrogen) atoms. The molecule has 1 aromatic carbocycles. The quantitative estimate of drug-likeness (QED) is 0.876. The van der Waals surface area contributed by atoms with Gasteiger partial charge in [-0.1, -0.05) is 12.1 Å². The molecule has 0 saturated carbocycles. The van der Waals surface area contributed by atoms with Crippen LogP contribution in [-0.2, 0) is 17.8 Å². The molecule has 1 aliphatic rings. The number of aromatic amines is 1. The number of likely N-dealkylation sites (N-methyl/N-ethyl adjacent to an activating group) is 1. The van der Waals surface area contributed by atoms with Gasteiger partial charge >= 0.3 is 0 Å². The molecule has 1 fully saturated rings. The topological polar surface area (TPSA) is 64.3 Å². The summed E-state index contributed by atoms with van der Waals surface area (Å²) in [5.41, 5.74) is 4.29. The highest BCUT2D eigenvalue weighted by Crippen LogP contribution is 2.14. The van der Waals surface area contributed by atoms with Crippen LogP contribution >= 0.6 is 0 Å². The molecule has 1 aromatic heterocycles. The van der Waals surface area contributed by atoms with Crippen LogP contribution in [0.1, 0.15) is 16.8 Å². The fourth-order valence-corrected chi connectivity index (χ4v) is 2.88. The second kappa shape index (κ2) is 7.49. The van der Waals surface area contributed by atoms with Gasteiger partial charge in [-0.25, -0.2) is 0 Å². The van der Waals surface area contributed by atoms with E-state index < -0.39 is 0 Å². The number of carbonyl (C=O) groups excluding carboxylic acids is 1. The van der Waals surface area contributed by atoms with Crippen LogP contribution in [0.15, 0.2) is 30.5 Å². The maximum Gasteiger partial charge on any atom is 0.227 e. The summed E-state index contributed by atoms with van der Waals surface area (Å²) in [6, 6.07) is 8.09. The van der Waals surface area contributed by atoms with Crippen molar-refractivity contribution in [3.05, 3.63) is 47.3 Å². The van der Waals surface area contributed by atoms with Gasteiger partial charge in [-0.05, 0) is 37.2 Å². The Morgan fingerprint density at radius 1 is 1.29 bits per heavy atom. The maximum atomic E-state index is 12.4. The zero-order valence-corrected chi connectivity index (χ0v) is 14.4. The normalized spacial score (nSPS) is 15.5. The SMILES string of the molecule is Cc1cn[nH]c1CNc1cccc(CC(=O)N2CCN(C)CC2)c1. The Bertz CT molecular complexity index is 688. The summed E-state index contributed by atoms with van der Waals surface area (Å²) >= 11 is 0. The van der Waals surface area contributed by atoms with Crippen LogP contribution in [0.4, 0.5) is 5.69 Å². The van der Waals surface area contributed by atoms with E-state index in [4.69, 9.17) is 0 Å². The van der Waals surface area contributed by atoms with Gasteiger partial charge in [0.05, 0.1) is 24.9 Å². The van der Waals surface area contributed by atoms with E-state index in [0.717, 1.165) is 48.7 Å². The van der Waals surface area contributed by atoms with Gasteiger partial charge in [0.15, 0.2) is 0 Å². The van der Waals surface area contributed by atoms with E-state index in [0.29, 0.717) is 13.0 Å². The molecule has 6 heteroatoms. The maximum absolute atomic E-state index is 12.4.